The number of hydrogen-bond acceptors (Lipinski definition) is 3. The molecule has 0 aliphatic rings. The third-order valence-corrected chi connectivity index (χ3v) is 2.81. The lowest BCUT2D eigenvalue weighted by Gasteiger charge is -2.28. The minimum absolute atomic E-state index is 0.335. The molecule has 0 aromatic heterocycles. The van der Waals surface area contributed by atoms with E-state index in [2.05, 4.69) is 0 Å². The van der Waals surface area contributed by atoms with E-state index in [4.69, 9.17) is 9.84 Å². The highest BCUT2D eigenvalue weighted by atomic mass is 16.5. The van der Waals surface area contributed by atoms with Crippen LogP contribution in [0.5, 0.6) is 0 Å². The van der Waals surface area contributed by atoms with Gasteiger partial charge in [0.25, 0.3) is 0 Å². The maximum absolute atomic E-state index is 12.4. The Labute approximate surface area is 118 Å². The molecule has 2 amide bonds. The summed E-state index contributed by atoms with van der Waals surface area (Å²) < 4.78 is 4.96. The van der Waals surface area contributed by atoms with Crippen molar-refractivity contribution in [3.05, 3.63) is 30.3 Å². The van der Waals surface area contributed by atoms with Gasteiger partial charge in [0, 0.05) is 25.9 Å². The zero-order chi connectivity index (χ0) is 15.0. The lowest BCUT2D eigenvalue weighted by atomic mass is 10.3. The molecule has 0 saturated carbocycles. The van der Waals surface area contributed by atoms with E-state index in [-0.39, 0.29) is 12.6 Å². The molecule has 0 aliphatic heterocycles. The van der Waals surface area contributed by atoms with Crippen molar-refractivity contribution in [3.8, 4) is 0 Å². The molecule has 0 unspecified atom stereocenters. The van der Waals surface area contributed by atoms with E-state index in [1.54, 1.807) is 36.3 Å². The number of carboxylic acid groups (broad SMARTS) is 1. The van der Waals surface area contributed by atoms with Gasteiger partial charge in [0.15, 0.2) is 0 Å². The van der Waals surface area contributed by atoms with E-state index < -0.39 is 5.97 Å². The summed E-state index contributed by atoms with van der Waals surface area (Å²) in [4.78, 5) is 26.2. The van der Waals surface area contributed by atoms with Crippen LogP contribution in [0.15, 0.2) is 30.3 Å². The summed E-state index contributed by atoms with van der Waals surface area (Å²) >= 11 is 0. The normalized spacial score (nSPS) is 10.1. The second-order valence-corrected chi connectivity index (χ2v) is 4.17. The fourth-order valence-electron chi connectivity index (χ4n) is 1.77. The molecule has 0 heterocycles. The molecule has 1 aromatic carbocycles. The summed E-state index contributed by atoms with van der Waals surface area (Å²) in [6.07, 6.45) is 0. The first-order valence-corrected chi connectivity index (χ1v) is 6.42. The summed E-state index contributed by atoms with van der Waals surface area (Å²) in [6, 6.07) is 8.44. The number of likely N-dealkylation sites (N-methyl/N-ethyl adjacent to an activating group) is 1. The SMILES string of the molecule is CCN(CCOC)C(=O)N(CC(=O)O)c1ccccc1. The highest BCUT2D eigenvalue weighted by Crippen LogP contribution is 2.15. The lowest BCUT2D eigenvalue weighted by Crippen LogP contribution is -2.46. The van der Waals surface area contributed by atoms with Crippen molar-refractivity contribution in [2.75, 3.05) is 38.3 Å². The number of nitrogens with zero attached hydrogens (tertiary/aromatic N) is 2. The topological polar surface area (TPSA) is 70.1 Å². The second-order valence-electron chi connectivity index (χ2n) is 4.17. The first kappa shape index (κ1) is 16.0. The first-order valence-electron chi connectivity index (χ1n) is 6.42. The van der Waals surface area contributed by atoms with Crippen LogP contribution in [0.1, 0.15) is 6.92 Å². The number of urea groups is 1. The highest BCUT2D eigenvalue weighted by molar-refractivity contribution is 5.96. The number of anilines is 1. The Hall–Kier alpha value is -2.08. The maximum Gasteiger partial charge on any atom is 0.325 e. The van der Waals surface area contributed by atoms with Gasteiger partial charge in [-0.15, -0.1) is 0 Å². The largest absolute Gasteiger partial charge is 0.480 e. The monoisotopic (exact) mass is 280 g/mol. The number of carboxylic acids is 1. The molecule has 0 bridgehead atoms. The van der Waals surface area contributed by atoms with Crippen molar-refractivity contribution in [1.29, 1.82) is 0 Å². The van der Waals surface area contributed by atoms with E-state index in [0.29, 0.717) is 25.4 Å². The Bertz CT molecular complexity index is 436. The number of carbonyl (C=O) groups excluding carboxylic acids is 1. The average Bonchev–Trinajstić information content (AvgIpc) is 2.46. The van der Waals surface area contributed by atoms with Gasteiger partial charge < -0.3 is 14.7 Å². The molecule has 1 rings (SSSR count). The standard InChI is InChI=1S/C14H20N2O4/c1-3-15(9-10-20-2)14(19)16(11-13(17)18)12-7-5-4-6-8-12/h4-8H,3,9-11H2,1-2H3,(H,17,18). The van der Waals surface area contributed by atoms with Crippen molar-refractivity contribution in [2.24, 2.45) is 0 Å². The molecule has 0 spiro atoms. The van der Waals surface area contributed by atoms with Crippen LogP contribution < -0.4 is 4.90 Å². The van der Waals surface area contributed by atoms with E-state index in [0.717, 1.165) is 0 Å². The van der Waals surface area contributed by atoms with Crippen LogP contribution in [0, 0.1) is 0 Å². The number of hydrogen-bond donors (Lipinski definition) is 1. The summed E-state index contributed by atoms with van der Waals surface area (Å²) in [5.74, 6) is -1.05. The molecule has 0 radical (unpaired) electrons. The van der Waals surface area contributed by atoms with Crippen LogP contribution in [-0.4, -0.2) is 55.4 Å². The summed E-state index contributed by atoms with van der Waals surface area (Å²) in [5, 5.41) is 8.99. The average molecular weight is 280 g/mol. The van der Waals surface area contributed by atoms with Crippen LogP contribution in [0.2, 0.25) is 0 Å². The number of para-hydroxylation sites is 1. The Morgan fingerprint density at radius 3 is 2.40 bits per heavy atom. The zero-order valence-electron chi connectivity index (χ0n) is 11.8. The number of rotatable bonds is 7. The van der Waals surface area contributed by atoms with Gasteiger partial charge in [-0.25, -0.2) is 4.79 Å². The second kappa shape index (κ2) is 8.16. The summed E-state index contributed by atoms with van der Waals surface area (Å²) in [7, 11) is 1.56. The van der Waals surface area contributed by atoms with Gasteiger partial charge in [-0.05, 0) is 19.1 Å². The van der Waals surface area contributed by atoms with Gasteiger partial charge in [0.2, 0.25) is 0 Å². The van der Waals surface area contributed by atoms with Gasteiger partial charge >= 0.3 is 12.0 Å². The van der Waals surface area contributed by atoms with Crippen LogP contribution in [0.4, 0.5) is 10.5 Å². The number of benzene rings is 1. The molecule has 20 heavy (non-hydrogen) atoms. The van der Waals surface area contributed by atoms with Crippen LogP contribution >= 0.6 is 0 Å². The van der Waals surface area contributed by atoms with Crippen LogP contribution in [-0.2, 0) is 9.53 Å². The zero-order valence-corrected chi connectivity index (χ0v) is 11.8. The number of carbonyl (C=O) groups is 2. The predicted octanol–water partition coefficient (Wildman–Crippen LogP) is 1.67. The molecule has 0 aliphatic carbocycles. The summed E-state index contributed by atoms with van der Waals surface area (Å²) in [6.45, 7) is 2.80. The summed E-state index contributed by atoms with van der Waals surface area (Å²) in [5.41, 5.74) is 0.566. The van der Waals surface area contributed by atoms with E-state index in [1.807, 2.05) is 13.0 Å². The predicted molar refractivity (Wildman–Crippen MR) is 75.9 cm³/mol. The molecule has 1 N–H and O–H groups in total. The van der Waals surface area contributed by atoms with E-state index in [9.17, 15) is 9.59 Å². The van der Waals surface area contributed by atoms with Crippen molar-refractivity contribution in [2.45, 2.75) is 6.92 Å². The Kier molecular flexibility index (Phi) is 6.52. The maximum atomic E-state index is 12.4. The molecule has 110 valence electrons. The van der Waals surface area contributed by atoms with Gasteiger partial charge in [-0.3, -0.25) is 9.69 Å². The Morgan fingerprint density at radius 1 is 1.25 bits per heavy atom. The van der Waals surface area contributed by atoms with Gasteiger partial charge in [0.05, 0.1) is 6.61 Å². The number of methoxy groups -OCH3 is 1. The molecule has 0 saturated heterocycles. The fourth-order valence-corrected chi connectivity index (χ4v) is 1.77. The smallest absolute Gasteiger partial charge is 0.325 e. The van der Waals surface area contributed by atoms with Crippen molar-refractivity contribution >= 4 is 17.7 Å². The molecule has 0 atom stereocenters. The van der Waals surface area contributed by atoms with E-state index in [1.165, 1.54) is 4.90 Å². The Morgan fingerprint density at radius 2 is 1.90 bits per heavy atom. The third-order valence-electron chi connectivity index (χ3n) is 2.81. The molecule has 1 aromatic rings. The minimum atomic E-state index is -1.05. The van der Waals surface area contributed by atoms with Crippen LogP contribution in [0.3, 0.4) is 0 Å². The molecular weight excluding hydrogens is 260 g/mol. The Balaban J connectivity index is 2.92. The van der Waals surface area contributed by atoms with Gasteiger partial charge in [-0.2, -0.15) is 0 Å². The number of ether oxygens (including phenoxy) is 1. The minimum Gasteiger partial charge on any atom is -0.480 e. The quantitative estimate of drug-likeness (QED) is 0.824. The van der Waals surface area contributed by atoms with Crippen molar-refractivity contribution in [1.82, 2.24) is 4.90 Å². The third kappa shape index (κ3) is 4.55. The van der Waals surface area contributed by atoms with Gasteiger partial charge in [-0.1, -0.05) is 18.2 Å². The molecule has 6 nitrogen and oxygen atoms in total. The fraction of sp³-hybridized carbons (Fsp3) is 0.429. The number of aliphatic carboxylic acids is 1. The van der Waals surface area contributed by atoms with Crippen LogP contribution in [0.25, 0.3) is 0 Å². The molecule has 6 heteroatoms. The van der Waals surface area contributed by atoms with Crippen molar-refractivity contribution in [3.63, 3.8) is 0 Å². The molecular formula is C14H20N2O4. The number of amides is 2. The van der Waals surface area contributed by atoms with E-state index >= 15 is 0 Å². The lowest BCUT2D eigenvalue weighted by molar-refractivity contribution is -0.135. The first-order chi connectivity index (χ1) is 9.60. The van der Waals surface area contributed by atoms with Crippen molar-refractivity contribution < 1.29 is 19.4 Å². The molecule has 0 fully saturated rings. The van der Waals surface area contributed by atoms with Gasteiger partial charge in [0.1, 0.15) is 6.54 Å². The highest BCUT2D eigenvalue weighted by Gasteiger charge is 2.23.